The fraction of sp³-hybridized carbons (Fsp3) is 0.724. The smallest absolute Gasteiger partial charge is 0.313 e. The number of carbonyl (C=O) groups excluding carboxylic acids is 2. The predicted octanol–water partition coefficient (Wildman–Crippen LogP) is 8.49. The zero-order chi connectivity index (χ0) is 29.5. The summed E-state index contributed by atoms with van der Waals surface area (Å²) >= 11 is 2.37. The molecule has 0 aliphatic rings. The summed E-state index contributed by atoms with van der Waals surface area (Å²) in [7, 11) is -3.92. The molecule has 0 N–H and O–H groups in total. The highest BCUT2D eigenvalue weighted by atomic mass is 127. The van der Waals surface area contributed by atoms with E-state index in [2.05, 4.69) is 96.4 Å². The minimum atomic E-state index is -2.04. The summed E-state index contributed by atoms with van der Waals surface area (Å²) in [6, 6.07) is 2.07. The third kappa shape index (κ3) is 11.4. The Morgan fingerprint density at radius 2 is 1.55 bits per heavy atom. The Morgan fingerprint density at radius 1 is 1.00 bits per heavy atom. The summed E-state index contributed by atoms with van der Waals surface area (Å²) in [5.74, 6) is 1.01. The number of Topliss-reactive ketones (excluding diaryl/α,β-unsaturated/α-hetero) is 1. The van der Waals surface area contributed by atoms with E-state index in [0.717, 1.165) is 33.5 Å². The summed E-state index contributed by atoms with van der Waals surface area (Å²) in [4.78, 5) is 23.8. The molecule has 0 aliphatic heterocycles. The molecule has 0 saturated carbocycles. The molecule has 0 aromatic carbocycles. The van der Waals surface area contributed by atoms with Gasteiger partial charge in [-0.1, -0.05) is 69.7 Å². The van der Waals surface area contributed by atoms with E-state index >= 15 is 0 Å². The average Bonchev–Trinajstić information content (AvgIpc) is 3.09. The lowest BCUT2D eigenvalue weighted by Crippen LogP contribution is -2.43. The molecule has 9 heteroatoms. The van der Waals surface area contributed by atoms with Gasteiger partial charge in [0.05, 0.1) is 13.2 Å². The number of alkyl halides is 1. The fourth-order valence-electron chi connectivity index (χ4n) is 3.20. The van der Waals surface area contributed by atoms with Crippen molar-refractivity contribution in [2.24, 2.45) is 0 Å². The van der Waals surface area contributed by atoms with Gasteiger partial charge in [-0.05, 0) is 62.3 Å². The Bertz CT molecular complexity index is 967. The number of furan rings is 1. The minimum absolute atomic E-state index is 0.0396. The first kappa shape index (κ1) is 35.3. The Balaban J connectivity index is 3.11. The van der Waals surface area contributed by atoms with Crippen LogP contribution in [-0.4, -0.2) is 45.5 Å². The zero-order valence-electron chi connectivity index (χ0n) is 25.8. The van der Waals surface area contributed by atoms with E-state index in [0.29, 0.717) is 19.6 Å². The molecule has 38 heavy (non-hydrogen) atoms. The van der Waals surface area contributed by atoms with E-state index in [4.69, 9.17) is 18.0 Å². The van der Waals surface area contributed by atoms with Gasteiger partial charge in [0.2, 0.25) is 0 Å². The Morgan fingerprint density at radius 3 is 2.05 bits per heavy atom. The molecular formula is C29H51IO6Si2. The summed E-state index contributed by atoms with van der Waals surface area (Å²) in [6.45, 7) is 26.4. The second kappa shape index (κ2) is 14.2. The Kier molecular flexibility index (Phi) is 13.2. The first-order valence-electron chi connectivity index (χ1n) is 13.5. The van der Waals surface area contributed by atoms with Crippen LogP contribution < -0.4 is 0 Å². The lowest BCUT2D eigenvalue weighted by atomic mass is 10.1. The molecule has 1 atom stereocenters. The predicted molar refractivity (Wildman–Crippen MR) is 170 cm³/mol. The molecule has 0 bridgehead atoms. The van der Waals surface area contributed by atoms with Gasteiger partial charge in [-0.2, -0.15) is 0 Å². The first-order chi connectivity index (χ1) is 17.2. The van der Waals surface area contributed by atoms with E-state index in [1.54, 1.807) is 0 Å². The maximum Gasteiger partial charge on any atom is 0.313 e. The van der Waals surface area contributed by atoms with Crippen molar-refractivity contribution in [3.8, 4) is 0 Å². The van der Waals surface area contributed by atoms with Gasteiger partial charge in [0.25, 0.3) is 0 Å². The zero-order valence-corrected chi connectivity index (χ0v) is 30.0. The first-order valence-corrected chi connectivity index (χ1v) is 20.8. The monoisotopic (exact) mass is 678 g/mol. The van der Waals surface area contributed by atoms with Gasteiger partial charge in [0, 0.05) is 22.8 Å². The maximum atomic E-state index is 12.3. The van der Waals surface area contributed by atoms with Gasteiger partial charge in [-0.15, -0.1) is 0 Å². The quantitative estimate of drug-likeness (QED) is 0.0646. The molecule has 0 fully saturated rings. The highest BCUT2D eigenvalue weighted by Crippen LogP contribution is 2.38. The second-order valence-corrected chi connectivity index (χ2v) is 24.0. The normalized spacial score (nSPS) is 14.5. The van der Waals surface area contributed by atoms with Crippen molar-refractivity contribution in [3.05, 3.63) is 28.7 Å². The number of carbonyl (C=O) groups is 2. The standard InChI is InChI=1S/C29H51IO6Si2/c1-21(16-25(36-27(32)17-22(2)31)20-34-38(11,12)29(6,7)8)15-24-18-23(26(35-24)13-14-30)19-33-37(9,10)28(3,4)5/h15,18,25H,13-14,16-17,19-20H2,1-12H3/b21-15+. The highest BCUT2D eigenvalue weighted by molar-refractivity contribution is 14.1. The number of ether oxygens (including phenoxy) is 1. The topological polar surface area (TPSA) is 75.0 Å². The van der Waals surface area contributed by atoms with Crippen molar-refractivity contribution in [3.63, 3.8) is 0 Å². The molecule has 1 unspecified atom stereocenters. The van der Waals surface area contributed by atoms with Gasteiger partial charge >= 0.3 is 5.97 Å². The molecule has 1 rings (SSSR count). The van der Waals surface area contributed by atoms with Crippen LogP contribution in [0.15, 0.2) is 16.1 Å². The summed E-state index contributed by atoms with van der Waals surface area (Å²) < 4.78 is 25.7. The van der Waals surface area contributed by atoms with Crippen LogP contribution in [0.1, 0.15) is 85.3 Å². The van der Waals surface area contributed by atoms with Crippen LogP contribution in [0, 0.1) is 0 Å². The number of esters is 1. The third-order valence-corrected chi connectivity index (χ3v) is 17.2. The molecule has 1 aromatic heterocycles. The van der Waals surface area contributed by atoms with Crippen molar-refractivity contribution in [1.82, 2.24) is 0 Å². The van der Waals surface area contributed by atoms with Crippen LogP contribution in [0.5, 0.6) is 0 Å². The van der Waals surface area contributed by atoms with Crippen LogP contribution >= 0.6 is 22.6 Å². The Hall–Kier alpha value is -0.756. The molecule has 0 amide bonds. The van der Waals surface area contributed by atoms with Gasteiger partial charge in [0.15, 0.2) is 16.6 Å². The van der Waals surface area contributed by atoms with Crippen molar-refractivity contribution < 1.29 is 27.6 Å². The van der Waals surface area contributed by atoms with Crippen LogP contribution in [0.2, 0.25) is 36.3 Å². The largest absolute Gasteiger partial charge is 0.461 e. The highest BCUT2D eigenvalue weighted by Gasteiger charge is 2.38. The van der Waals surface area contributed by atoms with Crippen LogP contribution in [-0.2, 0) is 36.2 Å². The number of rotatable bonds is 14. The minimum Gasteiger partial charge on any atom is -0.461 e. The van der Waals surface area contributed by atoms with Crippen LogP contribution in [0.4, 0.5) is 0 Å². The van der Waals surface area contributed by atoms with Crippen molar-refractivity contribution >= 4 is 57.1 Å². The molecule has 0 radical (unpaired) electrons. The number of aryl methyl sites for hydroxylation is 1. The Labute approximate surface area is 247 Å². The van der Waals surface area contributed by atoms with Gasteiger partial charge in [-0.25, -0.2) is 0 Å². The van der Waals surface area contributed by atoms with Crippen molar-refractivity contribution in [2.75, 3.05) is 11.0 Å². The molecule has 0 spiro atoms. The summed E-state index contributed by atoms with van der Waals surface area (Å²) in [5.41, 5.74) is 2.10. The van der Waals surface area contributed by atoms with E-state index in [-0.39, 0.29) is 22.3 Å². The van der Waals surface area contributed by atoms with Crippen molar-refractivity contribution in [2.45, 2.75) is 124 Å². The number of hydrogen-bond donors (Lipinski definition) is 0. The SMILES string of the molecule is CC(=O)CC(=O)OC(CO[Si](C)(C)C(C)(C)C)C/C(C)=C/c1cc(CO[Si](C)(C)C(C)(C)C)c(CCI)o1. The van der Waals surface area contributed by atoms with E-state index in [9.17, 15) is 9.59 Å². The fourth-order valence-corrected chi connectivity index (χ4v) is 5.67. The van der Waals surface area contributed by atoms with E-state index in [1.807, 2.05) is 13.0 Å². The molecule has 1 aromatic rings. The van der Waals surface area contributed by atoms with Gasteiger partial charge in [0.1, 0.15) is 29.8 Å². The summed E-state index contributed by atoms with van der Waals surface area (Å²) in [5, 5.41) is 0.179. The number of halogens is 1. The second-order valence-electron chi connectivity index (χ2n) is 13.3. The van der Waals surface area contributed by atoms with Crippen LogP contribution in [0.3, 0.4) is 0 Å². The lowest BCUT2D eigenvalue weighted by Gasteiger charge is -2.37. The van der Waals surface area contributed by atoms with E-state index < -0.39 is 28.7 Å². The third-order valence-electron chi connectivity index (χ3n) is 7.70. The molecular weight excluding hydrogens is 627 g/mol. The van der Waals surface area contributed by atoms with Crippen molar-refractivity contribution in [1.29, 1.82) is 0 Å². The number of hydrogen-bond acceptors (Lipinski definition) is 6. The molecule has 0 aliphatic carbocycles. The summed E-state index contributed by atoms with van der Waals surface area (Å²) in [6.07, 6.45) is 2.64. The average molecular weight is 679 g/mol. The lowest BCUT2D eigenvalue weighted by molar-refractivity contribution is -0.152. The molecule has 1 heterocycles. The van der Waals surface area contributed by atoms with E-state index in [1.165, 1.54) is 6.92 Å². The maximum absolute atomic E-state index is 12.3. The molecule has 218 valence electrons. The molecule has 6 nitrogen and oxygen atoms in total. The van der Waals surface area contributed by atoms with Gasteiger partial charge in [-0.3, -0.25) is 9.59 Å². The molecule has 0 saturated heterocycles. The number of ketones is 1. The van der Waals surface area contributed by atoms with Gasteiger partial charge < -0.3 is 18.0 Å². The van der Waals surface area contributed by atoms with Crippen LogP contribution in [0.25, 0.3) is 6.08 Å².